The molecular weight excluding hydrogens is 262 g/mol. The first-order chi connectivity index (χ1) is 9.28. The molecule has 3 nitrogen and oxygen atoms in total. The fourth-order valence-electron chi connectivity index (χ4n) is 3.05. The van der Waals surface area contributed by atoms with Gasteiger partial charge in [-0.25, -0.2) is 0 Å². The number of benzene rings is 1. The number of rotatable bonds is 4. The second-order valence-electron chi connectivity index (χ2n) is 5.29. The molecule has 1 N–H and O–H groups in total. The zero-order valence-corrected chi connectivity index (χ0v) is 12.0. The lowest BCUT2D eigenvalue weighted by molar-refractivity contribution is 0.0951. The van der Waals surface area contributed by atoms with E-state index in [1.165, 1.54) is 17.5 Å². The standard InChI is InChI=1S/C15H20ClNO2/c1-17-14(9-12-3-2-5-18-12)13-8-11(16)7-10-4-6-19-15(10)13/h7-8,12,14,17H,2-6,9H2,1H3. The zero-order chi connectivity index (χ0) is 13.2. The Morgan fingerprint density at radius 1 is 1.42 bits per heavy atom. The van der Waals surface area contributed by atoms with Gasteiger partial charge in [-0.1, -0.05) is 11.6 Å². The Labute approximate surface area is 119 Å². The second kappa shape index (κ2) is 5.70. The normalized spacial score (nSPS) is 23.2. The number of ether oxygens (including phenoxy) is 2. The Balaban J connectivity index is 1.86. The summed E-state index contributed by atoms with van der Waals surface area (Å²) in [6.45, 7) is 1.66. The molecule has 2 aliphatic heterocycles. The molecule has 19 heavy (non-hydrogen) atoms. The van der Waals surface area contributed by atoms with Gasteiger partial charge in [0.1, 0.15) is 5.75 Å². The van der Waals surface area contributed by atoms with Crippen LogP contribution < -0.4 is 10.1 Å². The van der Waals surface area contributed by atoms with Gasteiger partial charge in [0.05, 0.1) is 12.7 Å². The van der Waals surface area contributed by atoms with Gasteiger partial charge in [0.15, 0.2) is 0 Å². The SMILES string of the molecule is CNC(CC1CCCO1)c1cc(Cl)cc2c1OCC2. The maximum atomic E-state index is 6.23. The smallest absolute Gasteiger partial charge is 0.127 e. The molecule has 0 aromatic heterocycles. The van der Waals surface area contributed by atoms with Crippen LogP contribution in [-0.2, 0) is 11.2 Å². The predicted octanol–water partition coefficient (Wildman–Crippen LogP) is 3.10. The van der Waals surface area contributed by atoms with Gasteiger partial charge >= 0.3 is 0 Å². The Kier molecular flexibility index (Phi) is 3.96. The Bertz CT molecular complexity index is 458. The quantitative estimate of drug-likeness (QED) is 0.920. The highest BCUT2D eigenvalue weighted by atomic mass is 35.5. The molecule has 2 unspecified atom stereocenters. The van der Waals surface area contributed by atoms with Gasteiger partial charge in [-0.05, 0) is 44.0 Å². The molecule has 2 heterocycles. The summed E-state index contributed by atoms with van der Waals surface area (Å²) in [5.41, 5.74) is 2.41. The minimum absolute atomic E-state index is 0.244. The average molecular weight is 282 g/mol. The van der Waals surface area contributed by atoms with Crippen LogP contribution in [0.3, 0.4) is 0 Å². The molecule has 1 saturated heterocycles. The van der Waals surface area contributed by atoms with Gasteiger partial charge in [0, 0.05) is 29.7 Å². The lowest BCUT2D eigenvalue weighted by Gasteiger charge is -2.22. The monoisotopic (exact) mass is 281 g/mol. The van der Waals surface area contributed by atoms with Crippen molar-refractivity contribution in [1.82, 2.24) is 5.32 Å². The van der Waals surface area contributed by atoms with Crippen molar-refractivity contribution >= 4 is 11.6 Å². The van der Waals surface area contributed by atoms with Gasteiger partial charge in [-0.15, -0.1) is 0 Å². The maximum Gasteiger partial charge on any atom is 0.127 e. The molecule has 4 heteroatoms. The van der Waals surface area contributed by atoms with E-state index in [1.807, 2.05) is 19.2 Å². The van der Waals surface area contributed by atoms with Crippen LogP contribution in [-0.4, -0.2) is 26.4 Å². The minimum atomic E-state index is 0.244. The molecule has 2 atom stereocenters. The predicted molar refractivity (Wildman–Crippen MR) is 76.0 cm³/mol. The van der Waals surface area contributed by atoms with Gasteiger partial charge in [0.25, 0.3) is 0 Å². The van der Waals surface area contributed by atoms with Crippen LogP contribution in [0.1, 0.15) is 36.4 Å². The van der Waals surface area contributed by atoms with E-state index >= 15 is 0 Å². The van der Waals surface area contributed by atoms with Crippen LogP contribution >= 0.6 is 11.6 Å². The maximum absolute atomic E-state index is 6.23. The van der Waals surface area contributed by atoms with E-state index in [1.54, 1.807) is 0 Å². The summed E-state index contributed by atoms with van der Waals surface area (Å²) < 4.78 is 11.5. The molecule has 0 amide bonds. The van der Waals surface area contributed by atoms with Crippen molar-refractivity contribution in [3.8, 4) is 5.75 Å². The van der Waals surface area contributed by atoms with Crippen LogP contribution in [0, 0.1) is 0 Å². The molecule has 1 aromatic carbocycles. The Hall–Kier alpha value is -0.770. The molecule has 104 valence electrons. The molecule has 2 aliphatic rings. The van der Waals surface area contributed by atoms with E-state index in [-0.39, 0.29) is 6.04 Å². The van der Waals surface area contributed by atoms with Crippen molar-refractivity contribution in [3.63, 3.8) is 0 Å². The van der Waals surface area contributed by atoms with Crippen molar-refractivity contribution < 1.29 is 9.47 Å². The number of halogens is 1. The first-order valence-corrected chi connectivity index (χ1v) is 7.39. The fraction of sp³-hybridized carbons (Fsp3) is 0.600. The van der Waals surface area contributed by atoms with Gasteiger partial charge in [-0.3, -0.25) is 0 Å². The largest absolute Gasteiger partial charge is 0.493 e. The third kappa shape index (κ3) is 2.73. The fourth-order valence-corrected chi connectivity index (χ4v) is 3.30. The number of nitrogens with one attached hydrogen (secondary N) is 1. The summed E-state index contributed by atoms with van der Waals surface area (Å²) in [5.74, 6) is 1.03. The topological polar surface area (TPSA) is 30.5 Å². The summed E-state index contributed by atoms with van der Waals surface area (Å²) >= 11 is 6.23. The minimum Gasteiger partial charge on any atom is -0.493 e. The van der Waals surface area contributed by atoms with E-state index in [2.05, 4.69) is 5.32 Å². The first-order valence-electron chi connectivity index (χ1n) is 7.02. The van der Waals surface area contributed by atoms with Crippen molar-refractivity contribution in [1.29, 1.82) is 0 Å². The molecule has 1 fully saturated rings. The van der Waals surface area contributed by atoms with Gasteiger partial charge in [0.2, 0.25) is 0 Å². The highest BCUT2D eigenvalue weighted by Gasteiger charge is 2.26. The number of hydrogen-bond donors (Lipinski definition) is 1. The van der Waals surface area contributed by atoms with Crippen molar-refractivity contribution in [2.24, 2.45) is 0 Å². The highest BCUT2D eigenvalue weighted by Crippen LogP contribution is 2.38. The molecule has 3 rings (SSSR count). The summed E-state index contributed by atoms with van der Waals surface area (Å²) in [6, 6.07) is 4.29. The van der Waals surface area contributed by atoms with Crippen LogP contribution in [0.25, 0.3) is 0 Å². The molecular formula is C15H20ClNO2. The Morgan fingerprint density at radius 2 is 2.32 bits per heavy atom. The van der Waals surface area contributed by atoms with Crippen LogP contribution in [0.2, 0.25) is 5.02 Å². The van der Waals surface area contributed by atoms with E-state index in [0.29, 0.717) is 6.10 Å². The highest BCUT2D eigenvalue weighted by molar-refractivity contribution is 6.30. The lowest BCUT2D eigenvalue weighted by Crippen LogP contribution is -2.22. The molecule has 0 aliphatic carbocycles. The van der Waals surface area contributed by atoms with Gasteiger partial charge < -0.3 is 14.8 Å². The van der Waals surface area contributed by atoms with Crippen molar-refractivity contribution in [2.45, 2.75) is 37.8 Å². The van der Waals surface area contributed by atoms with E-state index in [4.69, 9.17) is 21.1 Å². The van der Waals surface area contributed by atoms with Crippen molar-refractivity contribution in [3.05, 3.63) is 28.3 Å². The summed E-state index contributed by atoms with van der Waals surface area (Å²) in [5, 5.41) is 4.18. The third-order valence-electron chi connectivity index (χ3n) is 4.02. The molecule has 0 bridgehead atoms. The van der Waals surface area contributed by atoms with E-state index < -0.39 is 0 Å². The van der Waals surface area contributed by atoms with Crippen LogP contribution in [0.5, 0.6) is 5.75 Å². The van der Waals surface area contributed by atoms with E-state index in [9.17, 15) is 0 Å². The molecule has 0 saturated carbocycles. The summed E-state index contributed by atoms with van der Waals surface area (Å²) in [7, 11) is 1.99. The van der Waals surface area contributed by atoms with Crippen LogP contribution in [0.15, 0.2) is 12.1 Å². The van der Waals surface area contributed by atoms with Crippen LogP contribution in [0.4, 0.5) is 0 Å². The second-order valence-corrected chi connectivity index (χ2v) is 5.73. The molecule has 0 radical (unpaired) electrons. The Morgan fingerprint density at radius 3 is 3.05 bits per heavy atom. The number of hydrogen-bond acceptors (Lipinski definition) is 3. The number of fused-ring (bicyclic) bond motifs is 1. The van der Waals surface area contributed by atoms with Gasteiger partial charge in [-0.2, -0.15) is 0 Å². The molecule has 0 spiro atoms. The summed E-state index contributed by atoms with van der Waals surface area (Å²) in [6.07, 6.45) is 4.62. The first kappa shape index (κ1) is 13.2. The summed E-state index contributed by atoms with van der Waals surface area (Å²) in [4.78, 5) is 0. The van der Waals surface area contributed by atoms with Crippen molar-refractivity contribution in [2.75, 3.05) is 20.3 Å². The average Bonchev–Trinajstić information content (AvgIpc) is 3.05. The third-order valence-corrected chi connectivity index (χ3v) is 4.24. The zero-order valence-electron chi connectivity index (χ0n) is 11.2. The lowest BCUT2D eigenvalue weighted by atomic mass is 9.96. The van der Waals surface area contributed by atoms with E-state index in [0.717, 1.165) is 43.2 Å². The molecule has 1 aromatic rings.